The summed E-state index contributed by atoms with van der Waals surface area (Å²) in [5, 5.41) is 3.72. The van der Waals surface area contributed by atoms with Crippen LogP contribution in [-0.4, -0.2) is 13.2 Å². The lowest BCUT2D eigenvalue weighted by Gasteiger charge is -2.33. The molecule has 2 nitrogen and oxygen atoms in total. The third kappa shape index (κ3) is 3.99. The van der Waals surface area contributed by atoms with Crippen LogP contribution in [0.1, 0.15) is 38.7 Å². The van der Waals surface area contributed by atoms with E-state index < -0.39 is 0 Å². The molecular formula is C16H23Br2NO. The van der Waals surface area contributed by atoms with E-state index >= 15 is 0 Å². The molecule has 1 aliphatic rings. The molecule has 0 aromatic heterocycles. The van der Waals surface area contributed by atoms with Crippen LogP contribution in [0.5, 0.6) is 5.75 Å². The Balaban J connectivity index is 1.97. The molecule has 0 heterocycles. The molecule has 3 unspecified atom stereocenters. The van der Waals surface area contributed by atoms with Gasteiger partial charge in [-0.3, -0.25) is 0 Å². The molecule has 1 N–H and O–H groups in total. The number of halogens is 2. The topological polar surface area (TPSA) is 21.3 Å². The van der Waals surface area contributed by atoms with Gasteiger partial charge in [0, 0.05) is 12.6 Å². The fourth-order valence-corrected chi connectivity index (χ4v) is 4.73. The first-order chi connectivity index (χ1) is 9.51. The van der Waals surface area contributed by atoms with Crippen LogP contribution in [0.15, 0.2) is 21.1 Å². The van der Waals surface area contributed by atoms with Gasteiger partial charge in [-0.25, -0.2) is 0 Å². The summed E-state index contributed by atoms with van der Waals surface area (Å²) in [7, 11) is 1.69. The summed E-state index contributed by atoms with van der Waals surface area (Å²) in [4.78, 5) is 0. The van der Waals surface area contributed by atoms with E-state index in [1.54, 1.807) is 7.11 Å². The summed E-state index contributed by atoms with van der Waals surface area (Å²) in [6.07, 6.45) is 3.98. The number of rotatable bonds is 4. The second kappa shape index (κ2) is 7.28. The van der Waals surface area contributed by atoms with Gasteiger partial charge in [-0.1, -0.05) is 13.8 Å². The van der Waals surface area contributed by atoms with Crippen LogP contribution >= 0.6 is 31.9 Å². The standard InChI is InChI=1S/C16H23Br2NO/c1-10-4-5-15(11(2)6-10)19-9-12-7-13(17)16(20-3)14(18)8-12/h7-8,10-11,15,19H,4-6,9H2,1-3H3. The van der Waals surface area contributed by atoms with Gasteiger partial charge >= 0.3 is 0 Å². The Morgan fingerprint density at radius 3 is 2.40 bits per heavy atom. The van der Waals surface area contributed by atoms with Gasteiger partial charge in [0.25, 0.3) is 0 Å². The van der Waals surface area contributed by atoms with Crippen molar-refractivity contribution in [3.05, 3.63) is 26.6 Å². The summed E-state index contributed by atoms with van der Waals surface area (Å²) < 4.78 is 7.33. The molecule has 0 amide bonds. The van der Waals surface area contributed by atoms with Gasteiger partial charge in [0.05, 0.1) is 16.1 Å². The molecule has 3 atom stereocenters. The van der Waals surface area contributed by atoms with Crippen LogP contribution in [0, 0.1) is 11.8 Å². The van der Waals surface area contributed by atoms with Crippen molar-refractivity contribution in [1.82, 2.24) is 5.32 Å². The van der Waals surface area contributed by atoms with Gasteiger partial charge in [0.1, 0.15) is 5.75 Å². The SMILES string of the molecule is COc1c(Br)cc(CNC2CCC(C)CC2C)cc1Br. The Kier molecular flexibility index (Phi) is 5.94. The van der Waals surface area contributed by atoms with E-state index in [2.05, 4.69) is 63.2 Å². The van der Waals surface area contributed by atoms with Crippen LogP contribution in [0.4, 0.5) is 0 Å². The van der Waals surface area contributed by atoms with Crippen molar-refractivity contribution in [2.24, 2.45) is 11.8 Å². The van der Waals surface area contributed by atoms with Crippen molar-refractivity contribution >= 4 is 31.9 Å². The number of methoxy groups -OCH3 is 1. The van der Waals surface area contributed by atoms with Crippen LogP contribution < -0.4 is 10.1 Å². The van der Waals surface area contributed by atoms with Crippen LogP contribution in [-0.2, 0) is 6.54 Å². The van der Waals surface area contributed by atoms with Crippen molar-refractivity contribution < 1.29 is 4.74 Å². The van der Waals surface area contributed by atoms with Gasteiger partial charge in [0.15, 0.2) is 0 Å². The lowest BCUT2D eigenvalue weighted by molar-refractivity contribution is 0.227. The Hall–Kier alpha value is -0.0600. The molecule has 1 aliphatic carbocycles. The van der Waals surface area contributed by atoms with E-state index in [4.69, 9.17) is 4.74 Å². The molecular weight excluding hydrogens is 382 g/mol. The zero-order valence-corrected chi connectivity index (χ0v) is 15.6. The van der Waals surface area contributed by atoms with Crippen LogP contribution in [0.25, 0.3) is 0 Å². The zero-order valence-electron chi connectivity index (χ0n) is 12.4. The van der Waals surface area contributed by atoms with E-state index in [9.17, 15) is 0 Å². The highest BCUT2D eigenvalue weighted by Crippen LogP contribution is 2.34. The second-order valence-electron chi connectivity index (χ2n) is 5.98. The van der Waals surface area contributed by atoms with Crippen molar-refractivity contribution in [3.63, 3.8) is 0 Å². The van der Waals surface area contributed by atoms with Crippen molar-refractivity contribution in [1.29, 1.82) is 0 Å². The van der Waals surface area contributed by atoms with Crippen molar-refractivity contribution in [2.75, 3.05) is 7.11 Å². The highest BCUT2D eigenvalue weighted by molar-refractivity contribution is 9.11. The maximum atomic E-state index is 5.34. The molecule has 2 rings (SSSR count). The third-order valence-electron chi connectivity index (χ3n) is 4.26. The first kappa shape index (κ1) is 16.3. The molecule has 0 radical (unpaired) electrons. The maximum absolute atomic E-state index is 5.34. The molecule has 0 aliphatic heterocycles. The second-order valence-corrected chi connectivity index (χ2v) is 7.68. The van der Waals surface area contributed by atoms with Crippen LogP contribution in [0.3, 0.4) is 0 Å². The lowest BCUT2D eigenvalue weighted by atomic mass is 9.80. The van der Waals surface area contributed by atoms with Gasteiger partial charge in [-0.05, 0) is 80.7 Å². The molecule has 20 heavy (non-hydrogen) atoms. The van der Waals surface area contributed by atoms with Gasteiger partial charge < -0.3 is 10.1 Å². The van der Waals surface area contributed by atoms with E-state index in [0.717, 1.165) is 33.1 Å². The Morgan fingerprint density at radius 2 is 1.85 bits per heavy atom. The Labute approximate surface area is 138 Å². The zero-order chi connectivity index (χ0) is 14.7. The molecule has 4 heteroatoms. The number of benzene rings is 1. The summed E-state index contributed by atoms with van der Waals surface area (Å²) in [6, 6.07) is 4.91. The molecule has 112 valence electrons. The smallest absolute Gasteiger partial charge is 0.147 e. The van der Waals surface area contributed by atoms with E-state index in [1.165, 1.54) is 24.8 Å². The Bertz CT molecular complexity index is 441. The minimum atomic E-state index is 0.644. The van der Waals surface area contributed by atoms with Gasteiger partial charge in [-0.2, -0.15) is 0 Å². The van der Waals surface area contributed by atoms with E-state index in [1.807, 2.05) is 0 Å². The van der Waals surface area contributed by atoms with Crippen molar-refractivity contribution in [2.45, 2.75) is 45.7 Å². The molecule has 0 bridgehead atoms. The Morgan fingerprint density at radius 1 is 1.20 bits per heavy atom. The van der Waals surface area contributed by atoms with Crippen LogP contribution in [0.2, 0.25) is 0 Å². The third-order valence-corrected chi connectivity index (χ3v) is 5.44. The number of hydrogen-bond acceptors (Lipinski definition) is 2. The van der Waals surface area contributed by atoms with E-state index in [-0.39, 0.29) is 0 Å². The summed E-state index contributed by atoms with van der Waals surface area (Å²) in [5.74, 6) is 2.50. The minimum Gasteiger partial charge on any atom is -0.494 e. The average molecular weight is 405 g/mol. The maximum Gasteiger partial charge on any atom is 0.147 e. The summed E-state index contributed by atoms with van der Waals surface area (Å²) >= 11 is 7.12. The number of ether oxygens (including phenoxy) is 1. The fourth-order valence-electron chi connectivity index (χ4n) is 3.13. The summed E-state index contributed by atoms with van der Waals surface area (Å²) in [5.41, 5.74) is 1.27. The molecule has 0 saturated heterocycles. The largest absolute Gasteiger partial charge is 0.494 e. The van der Waals surface area contributed by atoms with Crippen molar-refractivity contribution in [3.8, 4) is 5.75 Å². The predicted octanol–water partition coefficient (Wildman–Crippen LogP) is 5.13. The highest BCUT2D eigenvalue weighted by atomic mass is 79.9. The molecule has 0 spiro atoms. The quantitative estimate of drug-likeness (QED) is 0.750. The number of nitrogens with one attached hydrogen (secondary N) is 1. The van der Waals surface area contributed by atoms with E-state index in [0.29, 0.717) is 6.04 Å². The summed E-state index contributed by atoms with van der Waals surface area (Å²) in [6.45, 7) is 5.64. The molecule has 1 aromatic rings. The lowest BCUT2D eigenvalue weighted by Crippen LogP contribution is -2.38. The first-order valence-corrected chi connectivity index (χ1v) is 8.85. The first-order valence-electron chi connectivity index (χ1n) is 7.26. The molecule has 1 saturated carbocycles. The normalized spacial score (nSPS) is 26.6. The predicted molar refractivity (Wildman–Crippen MR) is 91.2 cm³/mol. The monoisotopic (exact) mass is 403 g/mol. The fraction of sp³-hybridized carbons (Fsp3) is 0.625. The highest BCUT2D eigenvalue weighted by Gasteiger charge is 2.24. The average Bonchev–Trinajstić information content (AvgIpc) is 2.37. The minimum absolute atomic E-state index is 0.644. The molecule has 1 fully saturated rings. The number of hydrogen-bond donors (Lipinski definition) is 1. The van der Waals surface area contributed by atoms with Gasteiger partial charge in [-0.15, -0.1) is 0 Å². The van der Waals surface area contributed by atoms with Gasteiger partial charge in [0.2, 0.25) is 0 Å². The molecule has 1 aromatic carbocycles.